The van der Waals surface area contributed by atoms with Crippen molar-refractivity contribution in [3.8, 4) is 6.07 Å². The van der Waals surface area contributed by atoms with Gasteiger partial charge in [0.05, 0.1) is 30.4 Å². The fraction of sp³-hybridized carbons (Fsp3) is 0.611. The molecule has 2 saturated heterocycles. The van der Waals surface area contributed by atoms with Crippen LogP contribution in [0.5, 0.6) is 0 Å². The van der Waals surface area contributed by atoms with E-state index in [2.05, 4.69) is 23.1 Å². The van der Waals surface area contributed by atoms with Crippen LogP contribution in [0.2, 0.25) is 0 Å². The van der Waals surface area contributed by atoms with Crippen molar-refractivity contribution in [3.05, 3.63) is 35.4 Å². The van der Waals surface area contributed by atoms with Crippen LogP contribution in [0.1, 0.15) is 36.8 Å². The van der Waals surface area contributed by atoms with Crippen LogP contribution in [0.3, 0.4) is 0 Å². The minimum absolute atomic E-state index is 0.330. The zero-order chi connectivity index (χ0) is 15.2. The minimum Gasteiger partial charge on any atom is -0.376 e. The van der Waals surface area contributed by atoms with Gasteiger partial charge in [0.15, 0.2) is 0 Å². The molecule has 0 saturated carbocycles. The lowest BCUT2D eigenvalue weighted by Crippen LogP contribution is -2.37. The van der Waals surface area contributed by atoms with Crippen molar-refractivity contribution in [1.82, 2.24) is 4.90 Å². The Morgan fingerprint density at radius 2 is 1.95 bits per heavy atom. The SMILES string of the molecule is N#Cc1ccc(CN2CCC(OCC3CCCO3)CC2)cc1. The molecule has 0 aliphatic carbocycles. The molecule has 0 amide bonds. The molecule has 3 rings (SSSR count). The molecule has 2 fully saturated rings. The molecule has 2 aliphatic heterocycles. The Balaban J connectivity index is 1.38. The fourth-order valence-corrected chi connectivity index (χ4v) is 3.20. The highest BCUT2D eigenvalue weighted by Gasteiger charge is 2.22. The first kappa shape index (κ1) is 15.5. The van der Waals surface area contributed by atoms with Crippen LogP contribution in [-0.2, 0) is 16.0 Å². The highest BCUT2D eigenvalue weighted by molar-refractivity contribution is 5.31. The number of nitriles is 1. The monoisotopic (exact) mass is 300 g/mol. The average molecular weight is 300 g/mol. The largest absolute Gasteiger partial charge is 0.376 e. The van der Waals surface area contributed by atoms with E-state index in [1.54, 1.807) is 0 Å². The van der Waals surface area contributed by atoms with Crippen molar-refractivity contribution in [2.24, 2.45) is 0 Å². The average Bonchev–Trinajstić information content (AvgIpc) is 3.08. The molecule has 0 N–H and O–H groups in total. The molecule has 1 aromatic rings. The molecule has 4 nitrogen and oxygen atoms in total. The van der Waals surface area contributed by atoms with E-state index in [9.17, 15) is 0 Å². The summed E-state index contributed by atoms with van der Waals surface area (Å²) in [6.07, 6.45) is 5.25. The van der Waals surface area contributed by atoms with Gasteiger partial charge in [0.2, 0.25) is 0 Å². The second-order valence-electron chi connectivity index (χ2n) is 6.25. The van der Waals surface area contributed by atoms with Crippen LogP contribution in [0.25, 0.3) is 0 Å². The summed E-state index contributed by atoms with van der Waals surface area (Å²) >= 11 is 0. The molecule has 2 aliphatic rings. The van der Waals surface area contributed by atoms with Gasteiger partial charge < -0.3 is 9.47 Å². The normalized spacial score (nSPS) is 23.5. The summed E-state index contributed by atoms with van der Waals surface area (Å²) in [6, 6.07) is 10.1. The van der Waals surface area contributed by atoms with Gasteiger partial charge in [-0.15, -0.1) is 0 Å². The van der Waals surface area contributed by atoms with Gasteiger partial charge in [-0.3, -0.25) is 4.90 Å². The van der Waals surface area contributed by atoms with Crippen LogP contribution in [0.4, 0.5) is 0 Å². The van der Waals surface area contributed by atoms with Crippen molar-refractivity contribution in [1.29, 1.82) is 5.26 Å². The predicted molar refractivity (Wildman–Crippen MR) is 84.4 cm³/mol. The standard InChI is InChI=1S/C18H24N2O2/c19-12-15-3-5-16(6-4-15)13-20-9-7-17(8-10-20)22-14-18-2-1-11-21-18/h3-6,17-18H,1-2,7-11,13-14H2. The molecule has 1 atom stereocenters. The number of likely N-dealkylation sites (tertiary alicyclic amines) is 1. The van der Waals surface area contributed by atoms with Gasteiger partial charge in [-0.05, 0) is 43.4 Å². The fourth-order valence-electron chi connectivity index (χ4n) is 3.20. The third-order valence-corrected chi connectivity index (χ3v) is 4.57. The Kier molecular flexibility index (Phi) is 5.44. The number of rotatable bonds is 5. The number of piperidine rings is 1. The lowest BCUT2D eigenvalue weighted by molar-refractivity contribution is -0.0426. The van der Waals surface area contributed by atoms with E-state index >= 15 is 0 Å². The van der Waals surface area contributed by atoms with E-state index in [1.165, 1.54) is 12.0 Å². The second-order valence-corrected chi connectivity index (χ2v) is 6.25. The molecular weight excluding hydrogens is 276 g/mol. The van der Waals surface area contributed by atoms with Crippen LogP contribution in [-0.4, -0.2) is 43.4 Å². The third-order valence-electron chi connectivity index (χ3n) is 4.57. The van der Waals surface area contributed by atoms with E-state index in [0.717, 1.165) is 57.7 Å². The Morgan fingerprint density at radius 1 is 1.18 bits per heavy atom. The molecule has 1 unspecified atom stereocenters. The Hall–Kier alpha value is -1.41. The third kappa shape index (κ3) is 4.30. The molecule has 2 heterocycles. The Morgan fingerprint density at radius 3 is 2.59 bits per heavy atom. The van der Waals surface area contributed by atoms with Crippen molar-refractivity contribution in [2.75, 3.05) is 26.3 Å². The van der Waals surface area contributed by atoms with Gasteiger partial charge in [0.25, 0.3) is 0 Å². The summed E-state index contributed by atoms with van der Waals surface area (Å²) in [5.41, 5.74) is 2.00. The van der Waals surface area contributed by atoms with Gasteiger partial charge >= 0.3 is 0 Å². The number of benzene rings is 1. The topological polar surface area (TPSA) is 45.5 Å². The molecule has 0 radical (unpaired) electrons. The molecule has 118 valence electrons. The summed E-state index contributed by atoms with van der Waals surface area (Å²) in [6.45, 7) is 4.79. The van der Waals surface area contributed by atoms with Gasteiger partial charge in [0.1, 0.15) is 0 Å². The van der Waals surface area contributed by atoms with Gasteiger partial charge in [0, 0.05) is 26.2 Å². The zero-order valence-electron chi connectivity index (χ0n) is 13.0. The Labute approximate surface area is 132 Å². The summed E-state index contributed by atoms with van der Waals surface area (Å²) in [5.74, 6) is 0. The molecule has 0 bridgehead atoms. The predicted octanol–water partition coefficient (Wildman–Crippen LogP) is 2.72. The van der Waals surface area contributed by atoms with E-state index in [4.69, 9.17) is 14.7 Å². The quantitative estimate of drug-likeness (QED) is 0.839. The van der Waals surface area contributed by atoms with Crippen LogP contribution >= 0.6 is 0 Å². The maximum Gasteiger partial charge on any atom is 0.0991 e. The molecule has 1 aromatic carbocycles. The molecule has 0 spiro atoms. The van der Waals surface area contributed by atoms with Crippen molar-refractivity contribution in [3.63, 3.8) is 0 Å². The summed E-state index contributed by atoms with van der Waals surface area (Å²) in [5, 5.41) is 8.82. The summed E-state index contributed by atoms with van der Waals surface area (Å²) in [4.78, 5) is 2.47. The van der Waals surface area contributed by atoms with E-state index in [-0.39, 0.29) is 0 Å². The lowest BCUT2D eigenvalue weighted by atomic mass is 10.1. The van der Waals surface area contributed by atoms with E-state index < -0.39 is 0 Å². The highest BCUT2D eigenvalue weighted by Crippen LogP contribution is 2.19. The van der Waals surface area contributed by atoms with Gasteiger partial charge in [-0.2, -0.15) is 5.26 Å². The maximum atomic E-state index is 8.82. The zero-order valence-corrected chi connectivity index (χ0v) is 13.0. The first-order chi connectivity index (χ1) is 10.8. The number of hydrogen-bond acceptors (Lipinski definition) is 4. The van der Waals surface area contributed by atoms with Crippen LogP contribution in [0.15, 0.2) is 24.3 Å². The lowest BCUT2D eigenvalue weighted by Gasteiger charge is -2.32. The van der Waals surface area contributed by atoms with Gasteiger partial charge in [-0.1, -0.05) is 12.1 Å². The molecule has 22 heavy (non-hydrogen) atoms. The van der Waals surface area contributed by atoms with Gasteiger partial charge in [-0.25, -0.2) is 0 Å². The van der Waals surface area contributed by atoms with E-state index in [0.29, 0.717) is 12.2 Å². The first-order valence-electron chi connectivity index (χ1n) is 8.28. The first-order valence-corrected chi connectivity index (χ1v) is 8.28. The summed E-state index contributed by atoms with van der Waals surface area (Å²) in [7, 11) is 0. The molecular formula is C18H24N2O2. The second kappa shape index (κ2) is 7.73. The van der Waals surface area contributed by atoms with Crippen LogP contribution in [0, 0.1) is 11.3 Å². The van der Waals surface area contributed by atoms with Crippen molar-refractivity contribution in [2.45, 2.75) is 44.4 Å². The van der Waals surface area contributed by atoms with Crippen molar-refractivity contribution < 1.29 is 9.47 Å². The number of hydrogen-bond donors (Lipinski definition) is 0. The molecule has 0 aromatic heterocycles. The van der Waals surface area contributed by atoms with Crippen molar-refractivity contribution >= 4 is 0 Å². The highest BCUT2D eigenvalue weighted by atomic mass is 16.5. The number of nitrogens with zero attached hydrogens (tertiary/aromatic N) is 2. The molecule has 4 heteroatoms. The number of ether oxygens (including phenoxy) is 2. The van der Waals surface area contributed by atoms with Crippen LogP contribution < -0.4 is 0 Å². The smallest absolute Gasteiger partial charge is 0.0991 e. The Bertz CT molecular complexity index is 495. The summed E-state index contributed by atoms with van der Waals surface area (Å²) < 4.78 is 11.6. The maximum absolute atomic E-state index is 8.82. The van der Waals surface area contributed by atoms with E-state index in [1.807, 2.05) is 12.1 Å². The minimum atomic E-state index is 0.330.